The second-order valence-electron chi connectivity index (χ2n) is 6.70. The van der Waals surface area contributed by atoms with E-state index in [9.17, 15) is 14.7 Å². The molecule has 0 aliphatic heterocycles. The maximum Gasteiger partial charge on any atom is 0.339 e. The SMILES string of the molecule is CCCCCCCCCCCCC/C=C/C=C(/C(=O)O)C(=O)C(O)CO. The van der Waals surface area contributed by atoms with E-state index in [1.165, 1.54) is 69.9 Å². The number of carbonyl (C=O) groups excluding carboxylic acids is 1. The van der Waals surface area contributed by atoms with E-state index in [0.29, 0.717) is 0 Å². The minimum Gasteiger partial charge on any atom is -0.478 e. The number of hydrogen-bond acceptors (Lipinski definition) is 4. The maximum absolute atomic E-state index is 11.6. The molecule has 0 aromatic heterocycles. The van der Waals surface area contributed by atoms with E-state index in [4.69, 9.17) is 10.2 Å². The summed E-state index contributed by atoms with van der Waals surface area (Å²) in [6.45, 7) is 1.45. The second kappa shape index (κ2) is 17.0. The van der Waals surface area contributed by atoms with Crippen molar-refractivity contribution in [1.82, 2.24) is 0 Å². The fourth-order valence-electron chi connectivity index (χ4n) is 2.71. The predicted molar refractivity (Wildman–Crippen MR) is 104 cm³/mol. The van der Waals surface area contributed by atoms with Crippen molar-refractivity contribution in [2.24, 2.45) is 0 Å². The molecule has 150 valence electrons. The van der Waals surface area contributed by atoms with Crippen LogP contribution < -0.4 is 0 Å². The molecule has 0 aliphatic rings. The molecular weight excluding hydrogens is 332 g/mol. The average molecular weight is 369 g/mol. The van der Waals surface area contributed by atoms with Gasteiger partial charge >= 0.3 is 5.97 Å². The highest BCUT2D eigenvalue weighted by molar-refractivity contribution is 6.18. The van der Waals surface area contributed by atoms with Gasteiger partial charge in [-0.3, -0.25) is 4.79 Å². The Labute approximate surface area is 157 Å². The molecule has 0 aromatic rings. The summed E-state index contributed by atoms with van der Waals surface area (Å²) in [5.74, 6) is -2.37. The van der Waals surface area contributed by atoms with Gasteiger partial charge in [0, 0.05) is 0 Å². The molecule has 0 aromatic carbocycles. The molecular formula is C21H36O5. The van der Waals surface area contributed by atoms with E-state index in [0.717, 1.165) is 19.3 Å². The van der Waals surface area contributed by atoms with Crippen LogP contribution in [0.1, 0.15) is 84.0 Å². The van der Waals surface area contributed by atoms with Crippen LogP contribution in [0, 0.1) is 0 Å². The summed E-state index contributed by atoms with van der Waals surface area (Å²) in [6.07, 6.45) is 17.7. The van der Waals surface area contributed by atoms with Gasteiger partial charge in [-0.05, 0) is 18.9 Å². The fraction of sp³-hybridized carbons (Fsp3) is 0.714. The first-order chi connectivity index (χ1) is 12.5. The Morgan fingerprint density at radius 1 is 0.885 bits per heavy atom. The Bertz CT molecular complexity index is 440. The van der Waals surface area contributed by atoms with Gasteiger partial charge in [0.1, 0.15) is 11.7 Å². The lowest BCUT2D eigenvalue weighted by atomic mass is 10.0. The van der Waals surface area contributed by atoms with Gasteiger partial charge in [0.15, 0.2) is 0 Å². The zero-order valence-corrected chi connectivity index (χ0v) is 16.2. The lowest BCUT2D eigenvalue weighted by Crippen LogP contribution is -2.28. The van der Waals surface area contributed by atoms with Crippen LogP contribution in [0.4, 0.5) is 0 Å². The molecule has 0 saturated carbocycles. The number of aliphatic hydroxyl groups excluding tert-OH is 2. The van der Waals surface area contributed by atoms with Crippen molar-refractivity contribution in [1.29, 1.82) is 0 Å². The maximum atomic E-state index is 11.6. The van der Waals surface area contributed by atoms with Crippen LogP contribution in [0.5, 0.6) is 0 Å². The topological polar surface area (TPSA) is 94.8 Å². The molecule has 0 heterocycles. The lowest BCUT2D eigenvalue weighted by molar-refractivity contribution is -0.136. The first-order valence-corrected chi connectivity index (χ1v) is 9.97. The van der Waals surface area contributed by atoms with Crippen LogP contribution in [-0.2, 0) is 9.59 Å². The summed E-state index contributed by atoms with van der Waals surface area (Å²) >= 11 is 0. The zero-order chi connectivity index (χ0) is 19.6. The van der Waals surface area contributed by atoms with E-state index in [1.54, 1.807) is 0 Å². The highest BCUT2D eigenvalue weighted by atomic mass is 16.4. The number of aliphatic carboxylic acids is 1. The molecule has 0 bridgehead atoms. The molecule has 26 heavy (non-hydrogen) atoms. The molecule has 0 saturated heterocycles. The quantitative estimate of drug-likeness (QED) is 0.118. The Balaban J connectivity index is 3.79. The van der Waals surface area contributed by atoms with E-state index in [-0.39, 0.29) is 0 Å². The molecule has 0 aliphatic carbocycles. The minimum absolute atomic E-state index is 0.512. The largest absolute Gasteiger partial charge is 0.478 e. The van der Waals surface area contributed by atoms with Gasteiger partial charge in [-0.25, -0.2) is 4.79 Å². The number of carboxylic acid groups (broad SMARTS) is 1. The molecule has 1 atom stereocenters. The van der Waals surface area contributed by atoms with Crippen molar-refractivity contribution in [3.8, 4) is 0 Å². The first kappa shape index (κ1) is 24.5. The van der Waals surface area contributed by atoms with Gasteiger partial charge in [0.05, 0.1) is 6.61 Å². The number of aliphatic hydroxyl groups is 2. The number of Topliss-reactive ketones (excluding diaryl/α,β-unsaturated/α-hetero) is 1. The minimum atomic E-state index is -1.68. The third-order valence-electron chi connectivity index (χ3n) is 4.34. The standard InChI is InChI=1S/C21H36O5/c1-2-3-4-5-6-7-8-9-10-11-12-13-14-15-16-18(21(25)26)20(24)19(23)17-22/h14-16,19,22-23H,2-13,17H2,1H3,(H,25,26)/b15-14+,18-16+. The van der Waals surface area contributed by atoms with Crippen molar-refractivity contribution in [3.63, 3.8) is 0 Å². The van der Waals surface area contributed by atoms with Crippen molar-refractivity contribution < 1.29 is 24.9 Å². The van der Waals surface area contributed by atoms with Crippen molar-refractivity contribution in [2.45, 2.75) is 90.1 Å². The van der Waals surface area contributed by atoms with E-state index in [2.05, 4.69) is 6.92 Å². The summed E-state index contributed by atoms with van der Waals surface area (Å²) in [4.78, 5) is 22.6. The zero-order valence-electron chi connectivity index (χ0n) is 16.2. The Kier molecular flexibility index (Phi) is 16.0. The van der Waals surface area contributed by atoms with Gasteiger partial charge in [0.25, 0.3) is 0 Å². The number of allylic oxidation sites excluding steroid dienone is 3. The van der Waals surface area contributed by atoms with Crippen molar-refractivity contribution >= 4 is 11.8 Å². The highest BCUT2D eigenvalue weighted by Gasteiger charge is 2.23. The Morgan fingerprint density at radius 2 is 1.38 bits per heavy atom. The third kappa shape index (κ3) is 12.8. The summed E-state index contributed by atoms with van der Waals surface area (Å²) in [5.41, 5.74) is -0.512. The molecule has 5 heteroatoms. The summed E-state index contributed by atoms with van der Waals surface area (Å²) < 4.78 is 0. The monoisotopic (exact) mass is 368 g/mol. The Morgan fingerprint density at radius 3 is 1.85 bits per heavy atom. The van der Waals surface area contributed by atoms with Crippen LogP contribution in [-0.4, -0.2) is 39.8 Å². The lowest BCUT2D eigenvalue weighted by Gasteiger charge is -2.05. The normalized spacial score (nSPS) is 13.3. The molecule has 0 fully saturated rings. The third-order valence-corrected chi connectivity index (χ3v) is 4.34. The summed E-state index contributed by atoms with van der Waals surface area (Å²) in [5, 5.41) is 26.9. The van der Waals surface area contributed by atoms with Gasteiger partial charge in [-0.15, -0.1) is 0 Å². The molecule has 1 unspecified atom stereocenters. The number of ketones is 1. The molecule has 0 amide bonds. The number of unbranched alkanes of at least 4 members (excludes halogenated alkanes) is 11. The van der Waals surface area contributed by atoms with E-state index >= 15 is 0 Å². The fourth-order valence-corrected chi connectivity index (χ4v) is 2.71. The van der Waals surface area contributed by atoms with Crippen molar-refractivity contribution in [3.05, 3.63) is 23.8 Å². The summed E-state index contributed by atoms with van der Waals surface area (Å²) in [7, 11) is 0. The molecule has 0 radical (unpaired) electrons. The number of carboxylic acids is 1. The van der Waals surface area contributed by atoms with Crippen LogP contribution in [0.3, 0.4) is 0 Å². The predicted octanol–water partition coefficient (Wildman–Crippen LogP) is 4.18. The molecule has 0 spiro atoms. The molecule has 3 N–H and O–H groups in total. The smallest absolute Gasteiger partial charge is 0.339 e. The molecule has 0 rings (SSSR count). The highest BCUT2D eigenvalue weighted by Crippen LogP contribution is 2.12. The first-order valence-electron chi connectivity index (χ1n) is 9.97. The molecule has 5 nitrogen and oxygen atoms in total. The number of hydrogen-bond donors (Lipinski definition) is 3. The Hall–Kier alpha value is -1.46. The van der Waals surface area contributed by atoms with Gasteiger partial charge in [-0.1, -0.05) is 83.3 Å². The average Bonchev–Trinajstić information content (AvgIpc) is 2.63. The van der Waals surface area contributed by atoms with E-state index in [1.807, 2.05) is 6.08 Å². The van der Waals surface area contributed by atoms with Gasteiger partial charge in [-0.2, -0.15) is 0 Å². The summed E-state index contributed by atoms with van der Waals surface area (Å²) in [6, 6.07) is 0. The van der Waals surface area contributed by atoms with Crippen LogP contribution >= 0.6 is 0 Å². The van der Waals surface area contributed by atoms with Crippen molar-refractivity contribution in [2.75, 3.05) is 6.61 Å². The van der Waals surface area contributed by atoms with Crippen LogP contribution in [0.2, 0.25) is 0 Å². The van der Waals surface area contributed by atoms with Gasteiger partial charge < -0.3 is 15.3 Å². The van der Waals surface area contributed by atoms with Crippen LogP contribution in [0.15, 0.2) is 23.8 Å². The van der Waals surface area contributed by atoms with E-state index < -0.39 is 30.0 Å². The number of carbonyl (C=O) groups is 2. The van der Waals surface area contributed by atoms with Gasteiger partial charge in [0.2, 0.25) is 5.78 Å². The number of rotatable bonds is 17. The van der Waals surface area contributed by atoms with Crippen LogP contribution in [0.25, 0.3) is 0 Å². The second-order valence-corrected chi connectivity index (χ2v) is 6.70.